The molecule has 0 aliphatic heterocycles. The molecule has 0 amide bonds. The molecular weight excluding hydrogens is 518 g/mol. The van der Waals surface area contributed by atoms with Gasteiger partial charge in [0.1, 0.15) is 22.2 Å². The summed E-state index contributed by atoms with van der Waals surface area (Å²) in [7, 11) is -2.38. The van der Waals surface area contributed by atoms with Crippen molar-refractivity contribution in [3.05, 3.63) is 51.2 Å². The number of halogens is 4. The smallest absolute Gasteiger partial charge is 0.417 e. The van der Waals surface area contributed by atoms with Gasteiger partial charge in [0, 0.05) is 24.5 Å². The van der Waals surface area contributed by atoms with E-state index in [1.165, 1.54) is 12.1 Å². The molecule has 0 saturated heterocycles. The van der Waals surface area contributed by atoms with Crippen molar-refractivity contribution in [2.45, 2.75) is 32.2 Å². The number of nitro groups is 1. The number of nitrogens with zero attached hydrogens (tertiary/aromatic N) is 2. The number of nitrogens with one attached hydrogen (secondary N) is 1. The van der Waals surface area contributed by atoms with Crippen molar-refractivity contribution in [2.75, 3.05) is 25.2 Å². The number of esters is 1. The second-order valence-electron chi connectivity index (χ2n) is 7.01. The van der Waals surface area contributed by atoms with Crippen LogP contribution in [0, 0.1) is 10.1 Å². The number of aromatic nitrogens is 1. The number of nitro benzene ring substituents is 1. The van der Waals surface area contributed by atoms with Gasteiger partial charge in [0.2, 0.25) is 13.2 Å². The first-order chi connectivity index (χ1) is 16.3. The highest BCUT2D eigenvalue weighted by Gasteiger charge is 2.34. The van der Waals surface area contributed by atoms with Gasteiger partial charge in [-0.15, -0.1) is 0 Å². The molecule has 0 aliphatic rings. The Bertz CT molecular complexity index is 1130. The third-order valence-corrected chi connectivity index (χ3v) is 7.93. The number of carbonyl (C=O) groups excluding carboxylic acids is 1. The maximum Gasteiger partial charge on any atom is 0.417 e. The zero-order valence-corrected chi connectivity index (χ0v) is 20.4. The minimum Gasteiger partial charge on any atom is -0.467 e. The van der Waals surface area contributed by atoms with Gasteiger partial charge in [-0.05, 0) is 18.6 Å². The zero-order chi connectivity index (χ0) is 26.4. The number of methoxy groups -OCH3 is 1. The van der Waals surface area contributed by atoms with Crippen LogP contribution in [0.1, 0.15) is 25.8 Å². The summed E-state index contributed by atoms with van der Waals surface area (Å²) in [5.74, 6) is -2.05. The summed E-state index contributed by atoms with van der Waals surface area (Å²) in [5.41, 5.74) is -1.57. The molecule has 0 radical (unpaired) electrons. The molecule has 1 heterocycles. The van der Waals surface area contributed by atoms with Crippen LogP contribution in [-0.4, -0.2) is 41.5 Å². The van der Waals surface area contributed by atoms with Gasteiger partial charge >= 0.3 is 12.1 Å². The van der Waals surface area contributed by atoms with E-state index in [0.717, 1.165) is 13.2 Å². The predicted octanol–water partition coefficient (Wildman–Crippen LogP) is 6.09. The first-order valence-electron chi connectivity index (χ1n) is 10.1. The van der Waals surface area contributed by atoms with Crippen LogP contribution in [0.2, 0.25) is 5.02 Å². The van der Waals surface area contributed by atoms with Crippen molar-refractivity contribution < 1.29 is 41.5 Å². The van der Waals surface area contributed by atoms with Crippen LogP contribution in [0.25, 0.3) is 0 Å². The summed E-state index contributed by atoms with van der Waals surface area (Å²) in [5, 5.41) is 13.9. The number of alkyl halides is 3. The van der Waals surface area contributed by atoms with E-state index in [1.54, 1.807) is 13.8 Å². The molecule has 0 fully saturated rings. The Hall–Kier alpha value is -2.89. The van der Waals surface area contributed by atoms with Crippen LogP contribution >= 0.6 is 19.0 Å². The molecular formula is C20H22ClF3N3O7P. The first-order valence-corrected chi connectivity index (χ1v) is 12.4. The fraction of sp³-hybridized carbons (Fsp3) is 0.400. The van der Waals surface area contributed by atoms with Crippen molar-refractivity contribution >= 4 is 36.3 Å². The average Bonchev–Trinajstić information content (AvgIpc) is 2.81. The molecule has 192 valence electrons. The standard InChI is InChI=1S/C20H22ClF3N3O7P/c1-4-17(35(31,5-2)33-11-18(28)32-3)26-15-9-13(6-7-16(15)27(29)30)34-19-14(21)8-12(10-25-19)20(22,23)24/h6-10,17,26H,4-5,11H2,1-3H3. The Labute approximate surface area is 203 Å². The van der Waals surface area contributed by atoms with Gasteiger partial charge in [-0.3, -0.25) is 14.7 Å². The number of anilines is 1. The van der Waals surface area contributed by atoms with Gasteiger partial charge in [-0.2, -0.15) is 13.2 Å². The molecule has 1 N–H and O–H groups in total. The minimum absolute atomic E-state index is 0.0184. The van der Waals surface area contributed by atoms with Gasteiger partial charge in [-0.25, -0.2) is 9.78 Å². The summed E-state index contributed by atoms with van der Waals surface area (Å²) >= 11 is 5.86. The third kappa shape index (κ3) is 7.30. The largest absolute Gasteiger partial charge is 0.467 e. The Morgan fingerprint density at radius 3 is 2.51 bits per heavy atom. The number of benzene rings is 1. The molecule has 2 atom stereocenters. The van der Waals surface area contributed by atoms with E-state index in [9.17, 15) is 32.6 Å². The maximum atomic E-state index is 13.3. The Morgan fingerprint density at radius 2 is 2.00 bits per heavy atom. The third-order valence-electron chi connectivity index (χ3n) is 4.77. The number of hydrogen-bond acceptors (Lipinski definition) is 9. The summed E-state index contributed by atoms with van der Waals surface area (Å²) in [6.45, 7) is 2.68. The Kier molecular flexibility index (Phi) is 9.47. The van der Waals surface area contributed by atoms with Gasteiger partial charge in [0.25, 0.3) is 5.69 Å². The fourth-order valence-corrected chi connectivity index (χ4v) is 5.13. The van der Waals surface area contributed by atoms with Crippen LogP contribution in [0.5, 0.6) is 11.6 Å². The van der Waals surface area contributed by atoms with Crippen LogP contribution in [0.3, 0.4) is 0 Å². The van der Waals surface area contributed by atoms with E-state index < -0.39 is 53.1 Å². The second kappa shape index (κ2) is 11.7. The van der Waals surface area contributed by atoms with E-state index in [2.05, 4.69) is 15.0 Å². The normalized spacial score (nSPS) is 14.0. The fourth-order valence-electron chi connectivity index (χ4n) is 2.90. The number of rotatable bonds is 11. The molecule has 10 nitrogen and oxygen atoms in total. The molecule has 0 saturated carbocycles. The Balaban J connectivity index is 2.37. The average molecular weight is 540 g/mol. The molecule has 2 aromatic rings. The number of pyridine rings is 1. The Morgan fingerprint density at radius 1 is 1.31 bits per heavy atom. The zero-order valence-electron chi connectivity index (χ0n) is 18.8. The summed E-state index contributed by atoms with van der Waals surface area (Å²) in [4.78, 5) is 25.9. The summed E-state index contributed by atoms with van der Waals surface area (Å²) < 4.78 is 67.1. The monoisotopic (exact) mass is 539 g/mol. The first kappa shape index (κ1) is 28.3. The molecule has 15 heteroatoms. The molecule has 35 heavy (non-hydrogen) atoms. The van der Waals surface area contributed by atoms with Crippen molar-refractivity contribution in [2.24, 2.45) is 0 Å². The SMILES string of the molecule is CCC(Nc1cc(Oc2ncc(C(F)(F)F)cc2Cl)ccc1[N+](=O)[O-])P(=O)(CC)OCC(=O)OC. The van der Waals surface area contributed by atoms with Crippen LogP contribution < -0.4 is 10.1 Å². The molecule has 1 aromatic carbocycles. The highest BCUT2D eigenvalue weighted by Crippen LogP contribution is 2.53. The quantitative estimate of drug-likeness (QED) is 0.156. The lowest BCUT2D eigenvalue weighted by atomic mass is 10.2. The molecule has 0 spiro atoms. The topological polar surface area (TPSA) is 130 Å². The summed E-state index contributed by atoms with van der Waals surface area (Å²) in [6.07, 6.45) is -3.89. The highest BCUT2D eigenvalue weighted by atomic mass is 35.5. The molecule has 2 rings (SSSR count). The highest BCUT2D eigenvalue weighted by molar-refractivity contribution is 7.59. The second-order valence-corrected chi connectivity index (χ2v) is 10.4. The van der Waals surface area contributed by atoms with Gasteiger partial charge in [0.05, 0.1) is 17.6 Å². The molecule has 2 unspecified atom stereocenters. The van der Waals surface area contributed by atoms with Crippen molar-refractivity contribution in [1.29, 1.82) is 0 Å². The van der Waals surface area contributed by atoms with E-state index in [0.29, 0.717) is 12.3 Å². The predicted molar refractivity (Wildman–Crippen MR) is 121 cm³/mol. The van der Waals surface area contributed by atoms with Gasteiger partial charge in [0.15, 0.2) is 6.61 Å². The van der Waals surface area contributed by atoms with Crippen LogP contribution in [0.15, 0.2) is 30.5 Å². The van der Waals surface area contributed by atoms with Crippen LogP contribution in [0.4, 0.5) is 24.5 Å². The lowest BCUT2D eigenvalue weighted by Crippen LogP contribution is -2.23. The van der Waals surface area contributed by atoms with E-state index in [1.807, 2.05) is 0 Å². The van der Waals surface area contributed by atoms with Crippen molar-refractivity contribution in [3.8, 4) is 11.6 Å². The van der Waals surface area contributed by atoms with Crippen molar-refractivity contribution in [3.63, 3.8) is 0 Å². The van der Waals surface area contributed by atoms with E-state index in [4.69, 9.17) is 20.9 Å². The van der Waals surface area contributed by atoms with Crippen LogP contribution in [-0.2, 0) is 24.8 Å². The van der Waals surface area contributed by atoms with Gasteiger partial charge < -0.3 is 19.3 Å². The van der Waals surface area contributed by atoms with E-state index >= 15 is 0 Å². The number of carbonyl (C=O) groups is 1. The molecule has 0 bridgehead atoms. The lowest BCUT2D eigenvalue weighted by Gasteiger charge is -2.27. The van der Waals surface area contributed by atoms with Gasteiger partial charge in [-0.1, -0.05) is 25.4 Å². The summed E-state index contributed by atoms with van der Waals surface area (Å²) in [6, 6.07) is 4.12. The lowest BCUT2D eigenvalue weighted by molar-refractivity contribution is -0.384. The number of hydrogen-bond donors (Lipinski definition) is 1. The molecule has 1 aromatic heterocycles. The maximum absolute atomic E-state index is 13.3. The minimum atomic E-state index is -4.65. The molecule has 0 aliphatic carbocycles. The van der Waals surface area contributed by atoms with E-state index in [-0.39, 0.29) is 29.9 Å². The number of ether oxygens (including phenoxy) is 2. The van der Waals surface area contributed by atoms with Crippen molar-refractivity contribution in [1.82, 2.24) is 4.98 Å².